The second kappa shape index (κ2) is 11.0. The summed E-state index contributed by atoms with van der Waals surface area (Å²) < 4.78 is 2.35. The highest BCUT2D eigenvalue weighted by molar-refractivity contribution is 8.03. The van der Waals surface area contributed by atoms with Gasteiger partial charge in [0, 0.05) is 48.0 Å². The maximum absolute atomic E-state index is 6.06. The van der Waals surface area contributed by atoms with Crippen molar-refractivity contribution in [3.05, 3.63) is 129 Å². The minimum Gasteiger partial charge on any atom is -1.00 e. The number of nitrogens with zero attached hydrogens (tertiary/aromatic N) is 2. The summed E-state index contributed by atoms with van der Waals surface area (Å²) >= 11 is 7.90. The molecule has 5 rings (SSSR count). The lowest BCUT2D eigenvalue weighted by atomic mass is 10.1. The largest absolute Gasteiger partial charge is 1.00 e. The minimum absolute atomic E-state index is 0. The zero-order valence-corrected chi connectivity index (χ0v) is 22.9. The quantitative estimate of drug-likeness (QED) is 0.249. The van der Waals surface area contributed by atoms with Gasteiger partial charge in [-0.15, -0.1) is 0 Å². The molecule has 0 amide bonds. The molecular weight excluding hydrogens is 571 g/mol. The van der Waals surface area contributed by atoms with E-state index in [-0.39, 0.29) is 24.0 Å². The van der Waals surface area contributed by atoms with E-state index in [0.717, 1.165) is 18.1 Å². The number of halogens is 2. The molecule has 0 saturated carbocycles. The number of anilines is 1. The van der Waals surface area contributed by atoms with Gasteiger partial charge in [-0.05, 0) is 41.5 Å². The topological polar surface area (TPSA) is 7.12 Å². The van der Waals surface area contributed by atoms with Gasteiger partial charge in [0.25, 0.3) is 0 Å². The molecule has 0 bridgehead atoms. The number of aromatic nitrogens is 1. The van der Waals surface area contributed by atoms with E-state index < -0.39 is 0 Å². The van der Waals surface area contributed by atoms with Crippen molar-refractivity contribution in [2.45, 2.75) is 31.8 Å². The summed E-state index contributed by atoms with van der Waals surface area (Å²) in [7, 11) is 0. The highest BCUT2D eigenvalue weighted by atomic mass is 127. The average molecular weight is 597 g/mol. The average Bonchev–Trinajstić information content (AvgIpc) is 3.15. The van der Waals surface area contributed by atoms with Crippen LogP contribution in [0, 0.1) is 13.8 Å². The first-order valence-corrected chi connectivity index (χ1v) is 12.3. The lowest BCUT2D eigenvalue weighted by Gasteiger charge is -2.21. The van der Waals surface area contributed by atoms with Crippen LogP contribution in [0.15, 0.2) is 101 Å². The summed E-state index contributed by atoms with van der Waals surface area (Å²) in [6, 6.07) is 32.0. The zero-order chi connectivity index (χ0) is 22.8. The van der Waals surface area contributed by atoms with Gasteiger partial charge in [-0.1, -0.05) is 78.0 Å². The van der Waals surface area contributed by atoms with Crippen molar-refractivity contribution >= 4 is 35.1 Å². The maximum atomic E-state index is 6.06. The standard InChI is InChI=1S/C29H26ClN2S.HI/c1-21-16-25(17-22(2)31(21)19-24-12-14-26(30)15-13-24)18-29-32(20-23-8-4-3-5-9-23)27-10-6-7-11-28(27)33-29;/h3-18H,19-20H2,1-2H3;1H/q+1;/p-1. The Hall–Kier alpha value is -2.28. The molecule has 4 aromatic rings. The molecule has 2 heterocycles. The van der Waals surface area contributed by atoms with Crippen LogP contribution in [0.2, 0.25) is 5.02 Å². The molecule has 0 radical (unpaired) electrons. The third-order valence-corrected chi connectivity index (χ3v) is 7.33. The molecular formula is C29H26ClIN2S. The van der Waals surface area contributed by atoms with E-state index in [0.29, 0.717) is 0 Å². The van der Waals surface area contributed by atoms with Gasteiger partial charge in [-0.25, -0.2) is 0 Å². The van der Waals surface area contributed by atoms with Crippen LogP contribution in [0.5, 0.6) is 0 Å². The van der Waals surface area contributed by atoms with Crippen LogP contribution in [-0.2, 0) is 13.1 Å². The van der Waals surface area contributed by atoms with Crippen LogP contribution in [0.4, 0.5) is 5.69 Å². The molecule has 34 heavy (non-hydrogen) atoms. The monoisotopic (exact) mass is 596 g/mol. The van der Waals surface area contributed by atoms with E-state index in [4.69, 9.17) is 11.6 Å². The normalized spacial score (nSPS) is 13.6. The Labute approximate surface area is 228 Å². The van der Waals surface area contributed by atoms with Crippen LogP contribution >= 0.6 is 23.4 Å². The summed E-state index contributed by atoms with van der Waals surface area (Å²) in [5.74, 6) is 0. The fourth-order valence-corrected chi connectivity index (χ4v) is 5.54. The molecule has 0 spiro atoms. The van der Waals surface area contributed by atoms with Crippen LogP contribution < -0.4 is 33.4 Å². The molecule has 5 heteroatoms. The van der Waals surface area contributed by atoms with Gasteiger partial charge in [0.1, 0.15) is 0 Å². The number of fused-ring (bicyclic) bond motifs is 1. The number of rotatable bonds is 5. The predicted molar refractivity (Wildman–Crippen MR) is 140 cm³/mol. The molecule has 0 fully saturated rings. The molecule has 0 saturated heterocycles. The van der Waals surface area contributed by atoms with E-state index in [1.54, 1.807) is 0 Å². The molecule has 1 aromatic heterocycles. The Kier molecular flexibility index (Phi) is 8.02. The number of hydrogen-bond donors (Lipinski definition) is 0. The van der Waals surface area contributed by atoms with Crippen LogP contribution in [-0.4, -0.2) is 0 Å². The van der Waals surface area contributed by atoms with E-state index in [9.17, 15) is 0 Å². The first-order chi connectivity index (χ1) is 16.1. The molecule has 0 N–H and O–H groups in total. The molecule has 0 atom stereocenters. The Balaban J connectivity index is 0.00000274. The van der Waals surface area contributed by atoms with Gasteiger partial charge in [-0.3, -0.25) is 0 Å². The summed E-state index contributed by atoms with van der Waals surface area (Å²) in [4.78, 5) is 3.73. The number of para-hydroxylation sites is 1. The van der Waals surface area contributed by atoms with Crippen LogP contribution in [0.25, 0.3) is 6.08 Å². The molecule has 1 aliphatic heterocycles. The number of thioether (sulfide) groups is 1. The van der Waals surface area contributed by atoms with Gasteiger partial charge < -0.3 is 28.9 Å². The molecule has 172 valence electrons. The van der Waals surface area contributed by atoms with Gasteiger partial charge in [-0.2, -0.15) is 4.57 Å². The van der Waals surface area contributed by atoms with Crippen molar-refractivity contribution in [3.8, 4) is 0 Å². The third-order valence-electron chi connectivity index (χ3n) is 5.97. The Bertz CT molecular complexity index is 1300. The molecule has 0 aliphatic carbocycles. The van der Waals surface area contributed by atoms with Crippen molar-refractivity contribution in [2.75, 3.05) is 4.90 Å². The number of hydrogen-bond acceptors (Lipinski definition) is 2. The van der Waals surface area contributed by atoms with Crippen molar-refractivity contribution in [2.24, 2.45) is 0 Å². The predicted octanol–water partition coefficient (Wildman–Crippen LogP) is 4.41. The van der Waals surface area contributed by atoms with E-state index in [2.05, 4.69) is 108 Å². The van der Waals surface area contributed by atoms with Gasteiger partial charge >= 0.3 is 0 Å². The van der Waals surface area contributed by atoms with Gasteiger partial charge in [0.05, 0.1) is 10.7 Å². The fraction of sp³-hybridized carbons (Fsp3) is 0.138. The van der Waals surface area contributed by atoms with Gasteiger partial charge in [0.2, 0.25) is 0 Å². The minimum atomic E-state index is 0. The summed E-state index contributed by atoms with van der Waals surface area (Å²) in [5.41, 5.74) is 7.55. The fourth-order valence-electron chi connectivity index (χ4n) is 4.30. The maximum Gasteiger partial charge on any atom is 0.179 e. The number of benzene rings is 3. The third kappa shape index (κ3) is 5.51. The highest BCUT2D eigenvalue weighted by Crippen LogP contribution is 2.47. The van der Waals surface area contributed by atoms with Crippen molar-refractivity contribution in [3.63, 3.8) is 0 Å². The van der Waals surface area contributed by atoms with E-state index in [1.807, 2.05) is 23.9 Å². The second-order valence-electron chi connectivity index (χ2n) is 8.41. The van der Waals surface area contributed by atoms with Crippen molar-refractivity contribution < 1.29 is 28.5 Å². The lowest BCUT2D eigenvalue weighted by Crippen LogP contribution is -3.00. The lowest BCUT2D eigenvalue weighted by molar-refractivity contribution is -0.700. The first kappa shape index (κ1) is 24.8. The first-order valence-electron chi connectivity index (χ1n) is 11.1. The van der Waals surface area contributed by atoms with Gasteiger partial charge in [0.15, 0.2) is 17.9 Å². The zero-order valence-electron chi connectivity index (χ0n) is 19.2. The molecule has 2 nitrogen and oxygen atoms in total. The van der Waals surface area contributed by atoms with Crippen LogP contribution in [0.1, 0.15) is 28.1 Å². The Morgan fingerprint density at radius 2 is 1.47 bits per heavy atom. The van der Waals surface area contributed by atoms with E-state index >= 15 is 0 Å². The number of pyridine rings is 1. The van der Waals surface area contributed by atoms with Crippen LogP contribution in [0.3, 0.4) is 0 Å². The second-order valence-corrected chi connectivity index (χ2v) is 9.91. The van der Waals surface area contributed by atoms with Crippen molar-refractivity contribution in [1.29, 1.82) is 0 Å². The highest BCUT2D eigenvalue weighted by Gasteiger charge is 2.25. The van der Waals surface area contributed by atoms with E-state index in [1.165, 1.54) is 43.7 Å². The smallest absolute Gasteiger partial charge is 0.179 e. The SMILES string of the molecule is Cc1cc(/C=C2\Sc3ccccc3N2Cc2ccccc2)cc(C)[n+]1Cc1ccc(Cl)cc1.[I-]. The summed E-state index contributed by atoms with van der Waals surface area (Å²) in [6.45, 7) is 6.07. The number of aryl methyl sites for hydroxylation is 2. The summed E-state index contributed by atoms with van der Waals surface area (Å²) in [5, 5.41) is 2.03. The molecule has 0 unspecified atom stereocenters. The Morgan fingerprint density at radius 1 is 0.824 bits per heavy atom. The Morgan fingerprint density at radius 3 is 2.18 bits per heavy atom. The summed E-state index contributed by atoms with van der Waals surface area (Å²) in [6.07, 6.45) is 2.32. The molecule has 1 aliphatic rings. The van der Waals surface area contributed by atoms with Crippen molar-refractivity contribution in [1.82, 2.24) is 0 Å². The molecule has 3 aromatic carbocycles.